The van der Waals surface area contributed by atoms with Gasteiger partial charge >= 0.3 is 0 Å². The van der Waals surface area contributed by atoms with Crippen molar-refractivity contribution in [3.05, 3.63) is 53.9 Å². The van der Waals surface area contributed by atoms with Crippen molar-refractivity contribution in [1.29, 1.82) is 0 Å². The Balaban J connectivity index is 2.10. The Hall–Kier alpha value is -2.50. The number of hydrogen-bond acceptors (Lipinski definition) is 4. The molecular weight excluding hydrogens is 249 g/mol. The van der Waals surface area contributed by atoms with Gasteiger partial charge in [0, 0.05) is 6.20 Å². The zero-order chi connectivity index (χ0) is 13.7. The maximum atomic E-state index is 13.2. The number of amides is 1. The summed E-state index contributed by atoms with van der Waals surface area (Å²) >= 11 is 0. The van der Waals surface area contributed by atoms with E-state index in [1.807, 2.05) is 0 Å². The first kappa shape index (κ1) is 12.9. The second-order valence-corrected chi connectivity index (χ2v) is 3.73. The standard InChI is InChI=1S/C13H12FN3O2/c1-19-12-3-2-9(14)6-11(12)13(18)16-7-10-4-5-15-8-17-10/h2-6,8H,7H2,1H3,(H,16,18). The number of hydrogen-bond donors (Lipinski definition) is 1. The quantitative estimate of drug-likeness (QED) is 0.907. The average molecular weight is 261 g/mol. The molecule has 0 atom stereocenters. The van der Waals surface area contributed by atoms with Crippen molar-refractivity contribution >= 4 is 5.91 Å². The molecule has 19 heavy (non-hydrogen) atoms. The zero-order valence-electron chi connectivity index (χ0n) is 10.3. The van der Waals surface area contributed by atoms with Gasteiger partial charge in [-0.1, -0.05) is 0 Å². The number of carbonyl (C=O) groups excluding carboxylic acids is 1. The van der Waals surface area contributed by atoms with Gasteiger partial charge < -0.3 is 10.1 Å². The van der Waals surface area contributed by atoms with Crippen LogP contribution in [0.2, 0.25) is 0 Å². The largest absolute Gasteiger partial charge is 0.496 e. The predicted molar refractivity (Wildman–Crippen MR) is 66.2 cm³/mol. The van der Waals surface area contributed by atoms with Crippen LogP contribution in [0.5, 0.6) is 5.75 Å². The Bertz CT molecular complexity index is 575. The summed E-state index contributed by atoms with van der Waals surface area (Å²) < 4.78 is 18.2. The molecule has 0 saturated heterocycles. The first-order chi connectivity index (χ1) is 9.20. The molecule has 0 radical (unpaired) electrons. The first-order valence-electron chi connectivity index (χ1n) is 5.57. The molecule has 6 heteroatoms. The highest BCUT2D eigenvalue weighted by atomic mass is 19.1. The summed E-state index contributed by atoms with van der Waals surface area (Å²) in [4.78, 5) is 19.7. The van der Waals surface area contributed by atoms with E-state index in [0.29, 0.717) is 11.4 Å². The normalized spacial score (nSPS) is 10.0. The fourth-order valence-electron chi connectivity index (χ4n) is 1.55. The maximum Gasteiger partial charge on any atom is 0.255 e. The number of rotatable bonds is 4. The molecule has 2 rings (SSSR count). The number of halogens is 1. The second kappa shape index (κ2) is 5.90. The summed E-state index contributed by atoms with van der Waals surface area (Å²) in [7, 11) is 1.43. The van der Waals surface area contributed by atoms with Crippen LogP contribution in [-0.2, 0) is 6.54 Å². The monoisotopic (exact) mass is 261 g/mol. The van der Waals surface area contributed by atoms with Gasteiger partial charge in [-0.15, -0.1) is 0 Å². The molecule has 1 amide bonds. The third kappa shape index (κ3) is 3.25. The van der Waals surface area contributed by atoms with Crippen LogP contribution < -0.4 is 10.1 Å². The van der Waals surface area contributed by atoms with Crippen LogP contribution in [0.25, 0.3) is 0 Å². The van der Waals surface area contributed by atoms with E-state index in [1.165, 1.54) is 25.6 Å². The third-order valence-electron chi connectivity index (χ3n) is 2.48. The van der Waals surface area contributed by atoms with Crippen LogP contribution in [0.3, 0.4) is 0 Å². The van der Waals surface area contributed by atoms with Crippen LogP contribution in [0.4, 0.5) is 4.39 Å². The van der Waals surface area contributed by atoms with Gasteiger partial charge in [0.25, 0.3) is 5.91 Å². The molecule has 0 aliphatic heterocycles. The molecule has 5 nitrogen and oxygen atoms in total. The van der Waals surface area contributed by atoms with Gasteiger partial charge in [-0.3, -0.25) is 4.79 Å². The highest BCUT2D eigenvalue weighted by molar-refractivity contribution is 5.96. The number of nitrogens with one attached hydrogen (secondary N) is 1. The Morgan fingerprint density at radius 2 is 2.26 bits per heavy atom. The predicted octanol–water partition coefficient (Wildman–Crippen LogP) is 1.55. The molecule has 1 N–H and O–H groups in total. The molecule has 98 valence electrons. The van der Waals surface area contributed by atoms with Crippen LogP contribution >= 0.6 is 0 Å². The molecule has 0 unspecified atom stereocenters. The van der Waals surface area contributed by atoms with E-state index in [0.717, 1.165) is 6.07 Å². The molecule has 2 aromatic rings. The van der Waals surface area contributed by atoms with Crippen LogP contribution in [0, 0.1) is 5.82 Å². The number of benzene rings is 1. The zero-order valence-corrected chi connectivity index (χ0v) is 10.3. The maximum absolute atomic E-state index is 13.2. The topological polar surface area (TPSA) is 64.1 Å². The van der Waals surface area contributed by atoms with Crippen LogP contribution in [0.15, 0.2) is 36.8 Å². The molecule has 0 aliphatic rings. The summed E-state index contributed by atoms with van der Waals surface area (Å²) in [6, 6.07) is 5.46. The van der Waals surface area contributed by atoms with Crippen molar-refractivity contribution in [2.45, 2.75) is 6.54 Å². The van der Waals surface area contributed by atoms with E-state index in [2.05, 4.69) is 15.3 Å². The lowest BCUT2D eigenvalue weighted by Crippen LogP contribution is -2.24. The first-order valence-corrected chi connectivity index (χ1v) is 5.57. The lowest BCUT2D eigenvalue weighted by atomic mass is 10.2. The summed E-state index contributed by atoms with van der Waals surface area (Å²) in [6.45, 7) is 0.237. The van der Waals surface area contributed by atoms with E-state index >= 15 is 0 Å². The molecule has 1 aromatic carbocycles. The SMILES string of the molecule is COc1ccc(F)cc1C(=O)NCc1ccncn1. The molecule has 0 fully saturated rings. The summed E-state index contributed by atoms with van der Waals surface area (Å²) in [6.07, 6.45) is 2.97. The summed E-state index contributed by atoms with van der Waals surface area (Å²) in [5.74, 6) is -0.593. The van der Waals surface area contributed by atoms with E-state index in [9.17, 15) is 9.18 Å². The number of aromatic nitrogens is 2. The Kier molecular flexibility index (Phi) is 4.02. The fraction of sp³-hybridized carbons (Fsp3) is 0.154. The van der Waals surface area contributed by atoms with E-state index in [1.54, 1.807) is 12.3 Å². The number of ether oxygens (including phenoxy) is 1. The van der Waals surface area contributed by atoms with Crippen molar-refractivity contribution in [1.82, 2.24) is 15.3 Å². The number of nitrogens with zero attached hydrogens (tertiary/aromatic N) is 2. The smallest absolute Gasteiger partial charge is 0.255 e. The van der Waals surface area contributed by atoms with Crippen molar-refractivity contribution in [3.8, 4) is 5.75 Å². The lowest BCUT2D eigenvalue weighted by molar-refractivity contribution is 0.0947. The minimum absolute atomic E-state index is 0.150. The highest BCUT2D eigenvalue weighted by Gasteiger charge is 2.13. The van der Waals surface area contributed by atoms with E-state index in [-0.39, 0.29) is 12.1 Å². The van der Waals surface area contributed by atoms with Gasteiger partial charge in [0.1, 0.15) is 17.9 Å². The summed E-state index contributed by atoms with van der Waals surface area (Å²) in [5.41, 5.74) is 0.815. The second-order valence-electron chi connectivity index (χ2n) is 3.73. The minimum atomic E-state index is -0.493. The molecular formula is C13H12FN3O2. The van der Waals surface area contributed by atoms with Crippen molar-refractivity contribution in [3.63, 3.8) is 0 Å². The molecule has 0 aliphatic carbocycles. The third-order valence-corrected chi connectivity index (χ3v) is 2.48. The van der Waals surface area contributed by atoms with Gasteiger partial charge in [-0.2, -0.15) is 0 Å². The minimum Gasteiger partial charge on any atom is -0.496 e. The Labute approximate surface area is 109 Å². The molecule has 0 bridgehead atoms. The Morgan fingerprint density at radius 3 is 2.95 bits per heavy atom. The molecule has 1 aromatic heterocycles. The van der Waals surface area contributed by atoms with Crippen LogP contribution in [0.1, 0.15) is 16.1 Å². The number of methoxy groups -OCH3 is 1. The lowest BCUT2D eigenvalue weighted by Gasteiger charge is -2.09. The van der Waals surface area contributed by atoms with Crippen molar-refractivity contribution in [2.24, 2.45) is 0 Å². The summed E-state index contributed by atoms with van der Waals surface area (Å²) in [5, 5.41) is 2.64. The fourth-order valence-corrected chi connectivity index (χ4v) is 1.55. The molecule has 0 spiro atoms. The van der Waals surface area contributed by atoms with E-state index < -0.39 is 11.7 Å². The van der Waals surface area contributed by atoms with Gasteiger partial charge in [0.05, 0.1) is 24.9 Å². The van der Waals surface area contributed by atoms with Crippen LogP contribution in [-0.4, -0.2) is 23.0 Å². The van der Waals surface area contributed by atoms with Crippen molar-refractivity contribution in [2.75, 3.05) is 7.11 Å². The molecule has 1 heterocycles. The van der Waals surface area contributed by atoms with Gasteiger partial charge in [0.2, 0.25) is 0 Å². The molecule has 0 saturated carbocycles. The average Bonchev–Trinajstić information content (AvgIpc) is 2.46. The van der Waals surface area contributed by atoms with Gasteiger partial charge in [-0.05, 0) is 24.3 Å². The number of carbonyl (C=O) groups is 1. The van der Waals surface area contributed by atoms with E-state index in [4.69, 9.17) is 4.74 Å². The van der Waals surface area contributed by atoms with Gasteiger partial charge in [-0.25, -0.2) is 14.4 Å². The van der Waals surface area contributed by atoms with Gasteiger partial charge in [0.15, 0.2) is 0 Å². The Morgan fingerprint density at radius 1 is 1.42 bits per heavy atom. The van der Waals surface area contributed by atoms with Crippen molar-refractivity contribution < 1.29 is 13.9 Å². The highest BCUT2D eigenvalue weighted by Crippen LogP contribution is 2.19.